The number of aryl methyl sites for hydroxylation is 3. The van der Waals surface area contributed by atoms with E-state index in [1.807, 2.05) is 20.0 Å². The highest BCUT2D eigenvalue weighted by Crippen LogP contribution is 2.13. The van der Waals surface area contributed by atoms with Crippen LogP contribution in [0.3, 0.4) is 0 Å². The van der Waals surface area contributed by atoms with Crippen LogP contribution >= 0.6 is 0 Å². The number of amides is 2. The highest BCUT2D eigenvalue weighted by atomic mass is 16.2. The summed E-state index contributed by atoms with van der Waals surface area (Å²) in [6, 6.07) is 0. The summed E-state index contributed by atoms with van der Waals surface area (Å²) in [5.74, 6) is -0.887. The van der Waals surface area contributed by atoms with E-state index in [1.54, 1.807) is 21.8 Å². The molecule has 112 valence electrons. The van der Waals surface area contributed by atoms with Gasteiger partial charge in [0, 0.05) is 31.9 Å². The molecule has 8 heteroatoms. The van der Waals surface area contributed by atoms with Gasteiger partial charge >= 0.3 is 0 Å². The van der Waals surface area contributed by atoms with E-state index in [2.05, 4.69) is 15.5 Å². The normalized spacial score (nSPS) is 10.6. The fraction of sp³-hybridized carbons (Fsp3) is 0.385. The number of aromatic nitrogens is 4. The molecule has 0 bridgehead atoms. The molecule has 0 spiro atoms. The van der Waals surface area contributed by atoms with E-state index in [0.29, 0.717) is 18.8 Å². The van der Waals surface area contributed by atoms with E-state index in [0.717, 1.165) is 5.56 Å². The number of nitrogens with two attached hydrogens (primary N) is 1. The molecule has 0 atom stereocenters. The third-order valence-corrected chi connectivity index (χ3v) is 2.92. The topological polar surface area (TPSA) is 108 Å². The Bertz CT molecular complexity index is 657. The van der Waals surface area contributed by atoms with Crippen LogP contribution in [0.25, 0.3) is 0 Å². The van der Waals surface area contributed by atoms with E-state index in [-0.39, 0.29) is 18.0 Å². The van der Waals surface area contributed by atoms with Crippen molar-refractivity contribution in [3.05, 3.63) is 29.8 Å². The quantitative estimate of drug-likeness (QED) is 0.809. The third kappa shape index (κ3) is 3.68. The summed E-state index contributed by atoms with van der Waals surface area (Å²) in [7, 11) is 0. The van der Waals surface area contributed by atoms with Gasteiger partial charge in [-0.05, 0) is 19.4 Å². The van der Waals surface area contributed by atoms with E-state index in [4.69, 9.17) is 5.73 Å². The van der Waals surface area contributed by atoms with Gasteiger partial charge in [0.1, 0.15) is 0 Å². The van der Waals surface area contributed by atoms with E-state index >= 15 is 0 Å². The maximum Gasteiger partial charge on any atom is 0.271 e. The Hall–Kier alpha value is -2.64. The molecule has 2 aromatic heterocycles. The summed E-state index contributed by atoms with van der Waals surface area (Å²) in [6.07, 6.45) is 5.43. The molecule has 0 unspecified atom stereocenters. The van der Waals surface area contributed by atoms with Gasteiger partial charge in [-0.3, -0.25) is 19.0 Å². The summed E-state index contributed by atoms with van der Waals surface area (Å²) in [5.41, 5.74) is 6.69. The highest BCUT2D eigenvalue weighted by molar-refractivity contribution is 6.01. The van der Waals surface area contributed by atoms with Gasteiger partial charge in [-0.15, -0.1) is 0 Å². The smallest absolute Gasteiger partial charge is 0.271 e. The first-order valence-electron chi connectivity index (χ1n) is 6.65. The van der Waals surface area contributed by atoms with Crippen molar-refractivity contribution < 1.29 is 9.59 Å². The van der Waals surface area contributed by atoms with E-state index in [1.165, 1.54) is 0 Å². The zero-order chi connectivity index (χ0) is 15.4. The van der Waals surface area contributed by atoms with Crippen molar-refractivity contribution in [3.8, 4) is 0 Å². The van der Waals surface area contributed by atoms with Crippen molar-refractivity contribution in [2.45, 2.75) is 33.4 Å². The van der Waals surface area contributed by atoms with Crippen LogP contribution in [-0.2, 0) is 17.9 Å². The van der Waals surface area contributed by atoms with Crippen molar-refractivity contribution in [1.82, 2.24) is 19.6 Å². The van der Waals surface area contributed by atoms with Crippen molar-refractivity contribution in [2.24, 2.45) is 5.73 Å². The second-order valence-electron chi connectivity index (χ2n) is 4.69. The lowest BCUT2D eigenvalue weighted by atomic mass is 10.3. The van der Waals surface area contributed by atoms with Crippen LogP contribution < -0.4 is 11.1 Å². The molecule has 0 aromatic carbocycles. The molecule has 2 rings (SSSR count). The predicted molar refractivity (Wildman–Crippen MR) is 76.6 cm³/mol. The SMILES string of the molecule is CCn1cc(NC(=O)CCn2cc(C)cn2)c(C(N)=O)n1. The molecule has 0 saturated carbocycles. The van der Waals surface area contributed by atoms with Crippen LogP contribution in [0.1, 0.15) is 29.4 Å². The Kier molecular flexibility index (Phi) is 4.36. The number of nitrogens with one attached hydrogen (secondary N) is 1. The number of anilines is 1. The maximum atomic E-state index is 11.9. The highest BCUT2D eigenvalue weighted by Gasteiger charge is 2.15. The number of nitrogens with zero attached hydrogens (tertiary/aromatic N) is 4. The van der Waals surface area contributed by atoms with Crippen molar-refractivity contribution in [1.29, 1.82) is 0 Å². The van der Waals surface area contributed by atoms with Crippen molar-refractivity contribution in [3.63, 3.8) is 0 Å². The minimum Gasteiger partial charge on any atom is -0.364 e. The molecule has 21 heavy (non-hydrogen) atoms. The molecule has 0 aliphatic carbocycles. The van der Waals surface area contributed by atoms with Gasteiger partial charge in [0.25, 0.3) is 5.91 Å². The van der Waals surface area contributed by atoms with Gasteiger partial charge in [0.15, 0.2) is 5.69 Å². The Balaban J connectivity index is 1.99. The van der Waals surface area contributed by atoms with Crippen LogP contribution in [0.5, 0.6) is 0 Å². The lowest BCUT2D eigenvalue weighted by Gasteiger charge is -2.04. The molecule has 2 amide bonds. The predicted octanol–water partition coefficient (Wildman–Crippen LogP) is 0.536. The van der Waals surface area contributed by atoms with E-state index in [9.17, 15) is 9.59 Å². The number of carbonyl (C=O) groups excluding carboxylic acids is 2. The van der Waals surface area contributed by atoms with Gasteiger partial charge in [0.05, 0.1) is 11.9 Å². The van der Waals surface area contributed by atoms with Crippen LogP contribution in [0, 0.1) is 6.92 Å². The maximum absolute atomic E-state index is 11.9. The first-order valence-corrected chi connectivity index (χ1v) is 6.65. The van der Waals surface area contributed by atoms with Crippen molar-refractivity contribution >= 4 is 17.5 Å². The molecular formula is C13H18N6O2. The minimum atomic E-state index is -0.666. The standard InChI is InChI=1S/C13H18N6O2/c1-3-18-8-10(12(17-18)13(14)21)16-11(20)4-5-19-7-9(2)6-15-19/h6-8H,3-5H2,1-2H3,(H2,14,21)(H,16,20). The van der Waals surface area contributed by atoms with Gasteiger partial charge in [0.2, 0.25) is 5.91 Å². The molecule has 0 radical (unpaired) electrons. The summed E-state index contributed by atoms with van der Waals surface area (Å²) in [6.45, 7) is 4.86. The molecule has 3 N–H and O–H groups in total. The largest absolute Gasteiger partial charge is 0.364 e. The summed E-state index contributed by atoms with van der Waals surface area (Å²) < 4.78 is 3.24. The zero-order valence-electron chi connectivity index (χ0n) is 12.0. The first-order chi connectivity index (χ1) is 9.99. The summed E-state index contributed by atoms with van der Waals surface area (Å²) >= 11 is 0. The molecular weight excluding hydrogens is 272 g/mol. The van der Waals surface area contributed by atoms with Crippen LogP contribution in [0.2, 0.25) is 0 Å². The monoisotopic (exact) mass is 290 g/mol. The van der Waals surface area contributed by atoms with Crippen LogP contribution in [-0.4, -0.2) is 31.4 Å². The lowest BCUT2D eigenvalue weighted by Crippen LogP contribution is -2.19. The lowest BCUT2D eigenvalue weighted by molar-refractivity contribution is -0.116. The fourth-order valence-electron chi connectivity index (χ4n) is 1.87. The molecule has 0 fully saturated rings. The number of carbonyl (C=O) groups is 2. The van der Waals surface area contributed by atoms with E-state index < -0.39 is 5.91 Å². The Morgan fingerprint density at radius 1 is 1.33 bits per heavy atom. The second kappa shape index (κ2) is 6.21. The van der Waals surface area contributed by atoms with Gasteiger partial charge in [-0.2, -0.15) is 10.2 Å². The zero-order valence-corrected chi connectivity index (χ0v) is 12.0. The Morgan fingerprint density at radius 3 is 2.67 bits per heavy atom. The molecule has 8 nitrogen and oxygen atoms in total. The average Bonchev–Trinajstić information content (AvgIpc) is 3.02. The van der Waals surface area contributed by atoms with Gasteiger partial charge in [-0.25, -0.2) is 0 Å². The summed E-state index contributed by atoms with van der Waals surface area (Å²) in [4.78, 5) is 23.2. The Morgan fingerprint density at radius 2 is 2.10 bits per heavy atom. The number of primary amides is 1. The molecule has 2 heterocycles. The fourth-order valence-corrected chi connectivity index (χ4v) is 1.87. The number of rotatable bonds is 6. The summed E-state index contributed by atoms with van der Waals surface area (Å²) in [5, 5.41) is 10.8. The van der Waals surface area contributed by atoms with Crippen molar-refractivity contribution in [2.75, 3.05) is 5.32 Å². The minimum absolute atomic E-state index is 0.0696. The molecule has 2 aromatic rings. The van der Waals surface area contributed by atoms with Crippen LogP contribution in [0.4, 0.5) is 5.69 Å². The van der Waals surface area contributed by atoms with Gasteiger partial charge in [-0.1, -0.05) is 0 Å². The Labute approximate surface area is 121 Å². The number of hydrogen-bond acceptors (Lipinski definition) is 4. The molecule has 0 saturated heterocycles. The number of hydrogen-bond donors (Lipinski definition) is 2. The van der Waals surface area contributed by atoms with Crippen LogP contribution in [0.15, 0.2) is 18.6 Å². The average molecular weight is 290 g/mol. The third-order valence-electron chi connectivity index (χ3n) is 2.92. The first kappa shape index (κ1) is 14.8. The van der Waals surface area contributed by atoms with Gasteiger partial charge < -0.3 is 11.1 Å². The molecule has 0 aliphatic heterocycles. The second-order valence-corrected chi connectivity index (χ2v) is 4.69. The molecule has 0 aliphatic rings.